The van der Waals surface area contributed by atoms with Crippen LogP contribution in [0, 0.1) is 6.92 Å². The van der Waals surface area contributed by atoms with Crippen LogP contribution in [0.3, 0.4) is 0 Å². The topological polar surface area (TPSA) is 88.5 Å². The number of amides is 2. The number of carbonyl (C=O) groups is 2. The van der Waals surface area contributed by atoms with Gasteiger partial charge in [-0.3, -0.25) is 9.59 Å². The molecule has 1 fully saturated rings. The van der Waals surface area contributed by atoms with Gasteiger partial charge in [0.15, 0.2) is 0 Å². The highest BCUT2D eigenvalue weighted by molar-refractivity contribution is 6.07. The van der Waals surface area contributed by atoms with Gasteiger partial charge in [0.2, 0.25) is 0 Å². The fourth-order valence-electron chi connectivity index (χ4n) is 4.56. The molecule has 188 valence electrons. The van der Waals surface area contributed by atoms with Crippen LogP contribution >= 0.6 is 0 Å². The Morgan fingerprint density at radius 2 is 1.78 bits per heavy atom. The predicted octanol–water partition coefficient (Wildman–Crippen LogP) is 4.28. The van der Waals surface area contributed by atoms with Gasteiger partial charge in [-0.15, -0.1) is 0 Å². The van der Waals surface area contributed by atoms with Crippen LogP contribution in [0.1, 0.15) is 50.3 Å². The number of nitrogens with zero attached hydrogens (tertiary/aromatic N) is 3. The average molecular weight is 496 g/mol. The number of nitrogens with one attached hydrogen (secondary N) is 2. The first-order valence-corrected chi connectivity index (χ1v) is 11.9. The average Bonchev–Trinajstić information content (AvgIpc) is 3.33. The Hall–Kier alpha value is -3.79. The molecule has 3 heterocycles. The van der Waals surface area contributed by atoms with Crippen LogP contribution in [0.2, 0.25) is 0 Å². The van der Waals surface area contributed by atoms with Gasteiger partial charge in [-0.05, 0) is 43.2 Å². The zero-order valence-electron chi connectivity index (χ0n) is 19.8. The highest BCUT2D eigenvalue weighted by Crippen LogP contribution is 2.39. The molecule has 3 aromatic rings. The number of anilines is 2. The van der Waals surface area contributed by atoms with E-state index in [-0.39, 0.29) is 29.8 Å². The summed E-state index contributed by atoms with van der Waals surface area (Å²) < 4.78 is 34.3. The molecule has 0 bridgehead atoms. The molecular formula is C26H27F2N5O3. The van der Waals surface area contributed by atoms with E-state index in [1.54, 1.807) is 29.2 Å². The van der Waals surface area contributed by atoms with Crippen molar-refractivity contribution in [2.75, 3.05) is 36.9 Å². The first-order valence-electron chi connectivity index (χ1n) is 11.9. The van der Waals surface area contributed by atoms with Crippen molar-refractivity contribution >= 4 is 23.3 Å². The van der Waals surface area contributed by atoms with E-state index in [0.29, 0.717) is 37.6 Å². The highest BCUT2D eigenvalue weighted by Gasteiger charge is 2.36. The van der Waals surface area contributed by atoms with Gasteiger partial charge in [-0.1, -0.05) is 29.8 Å². The number of hydrogen-bond acceptors (Lipinski definition) is 5. The van der Waals surface area contributed by atoms with Crippen molar-refractivity contribution in [3.63, 3.8) is 0 Å². The van der Waals surface area contributed by atoms with E-state index >= 15 is 0 Å². The van der Waals surface area contributed by atoms with Crippen molar-refractivity contribution in [3.05, 3.63) is 77.0 Å². The van der Waals surface area contributed by atoms with Crippen molar-refractivity contribution in [2.45, 2.75) is 31.9 Å². The molecule has 10 heteroatoms. The lowest BCUT2D eigenvalue weighted by Gasteiger charge is -2.32. The second kappa shape index (κ2) is 10.1. The lowest BCUT2D eigenvalue weighted by molar-refractivity contribution is 0.0303. The molecular weight excluding hydrogens is 468 g/mol. The lowest BCUT2D eigenvalue weighted by atomic mass is 9.96. The van der Waals surface area contributed by atoms with Crippen LogP contribution < -0.4 is 10.6 Å². The van der Waals surface area contributed by atoms with Crippen LogP contribution in [-0.4, -0.2) is 59.2 Å². The zero-order chi connectivity index (χ0) is 25.2. The van der Waals surface area contributed by atoms with Gasteiger partial charge < -0.3 is 20.3 Å². The normalized spacial score (nSPS) is 19.5. The summed E-state index contributed by atoms with van der Waals surface area (Å²) in [6.07, 6.45) is -1.18. The van der Waals surface area contributed by atoms with Crippen molar-refractivity contribution < 1.29 is 23.1 Å². The van der Waals surface area contributed by atoms with Gasteiger partial charge >= 0.3 is 0 Å². The molecule has 36 heavy (non-hydrogen) atoms. The number of carbonyl (C=O) groups excluding carboxylic acids is 2. The Morgan fingerprint density at radius 1 is 1.08 bits per heavy atom. The SMILES string of the molecule is Cc1ccc([C@H]2C[C@@H](C(F)F)n3ncc(C(=O)Nc4ccc(C(=O)N5CCOCC5)cc4)c3N2)cc1. The maximum Gasteiger partial charge on any atom is 0.261 e. The van der Waals surface area contributed by atoms with Crippen molar-refractivity contribution in [2.24, 2.45) is 0 Å². The van der Waals surface area contributed by atoms with Gasteiger partial charge in [-0.2, -0.15) is 5.10 Å². The molecule has 1 aromatic heterocycles. The number of benzene rings is 2. The summed E-state index contributed by atoms with van der Waals surface area (Å²) >= 11 is 0. The quantitative estimate of drug-likeness (QED) is 0.552. The molecule has 2 aliphatic rings. The summed E-state index contributed by atoms with van der Waals surface area (Å²) in [4.78, 5) is 27.5. The predicted molar refractivity (Wildman–Crippen MR) is 131 cm³/mol. The molecule has 0 aliphatic carbocycles. The van der Waals surface area contributed by atoms with E-state index in [1.165, 1.54) is 10.9 Å². The summed E-state index contributed by atoms with van der Waals surface area (Å²) in [5, 5.41) is 10.1. The summed E-state index contributed by atoms with van der Waals surface area (Å²) in [6.45, 7) is 4.07. The number of morpholine rings is 1. The van der Waals surface area contributed by atoms with Gasteiger partial charge in [0, 0.05) is 24.3 Å². The second-order valence-electron chi connectivity index (χ2n) is 9.03. The first-order chi connectivity index (χ1) is 17.4. The molecule has 0 radical (unpaired) electrons. The van der Waals surface area contributed by atoms with E-state index in [2.05, 4.69) is 15.7 Å². The molecule has 2 aliphatic heterocycles. The molecule has 2 N–H and O–H groups in total. The zero-order valence-corrected chi connectivity index (χ0v) is 19.8. The Labute approximate surface area is 207 Å². The molecule has 2 amide bonds. The molecule has 0 unspecified atom stereocenters. The third-order valence-corrected chi connectivity index (χ3v) is 6.60. The maximum atomic E-state index is 13.9. The van der Waals surface area contributed by atoms with E-state index in [0.717, 1.165) is 11.1 Å². The Bertz CT molecular complexity index is 1240. The first kappa shape index (κ1) is 23.9. The number of fused-ring (bicyclic) bond motifs is 1. The maximum absolute atomic E-state index is 13.9. The van der Waals surface area contributed by atoms with Crippen LogP contribution in [0.15, 0.2) is 54.7 Å². The van der Waals surface area contributed by atoms with Gasteiger partial charge in [0.1, 0.15) is 17.4 Å². The third kappa shape index (κ3) is 4.81. The molecule has 5 rings (SSSR count). The molecule has 2 atom stereocenters. The number of rotatable bonds is 5. The van der Waals surface area contributed by atoms with Gasteiger partial charge in [0.25, 0.3) is 18.2 Å². The number of alkyl halides is 2. The van der Waals surface area contributed by atoms with Gasteiger partial charge in [0.05, 0.1) is 25.5 Å². The van der Waals surface area contributed by atoms with Gasteiger partial charge in [-0.25, -0.2) is 13.5 Å². The van der Waals surface area contributed by atoms with Crippen LogP contribution in [0.25, 0.3) is 0 Å². The molecule has 0 spiro atoms. The fourth-order valence-corrected chi connectivity index (χ4v) is 4.56. The molecule has 8 nitrogen and oxygen atoms in total. The highest BCUT2D eigenvalue weighted by atomic mass is 19.3. The number of halogens is 2. The number of ether oxygens (including phenoxy) is 1. The number of aromatic nitrogens is 2. The van der Waals surface area contributed by atoms with Crippen LogP contribution in [-0.2, 0) is 4.74 Å². The van der Waals surface area contributed by atoms with Crippen molar-refractivity contribution in [1.29, 1.82) is 0 Å². The Balaban J connectivity index is 1.33. The monoisotopic (exact) mass is 495 g/mol. The minimum atomic E-state index is -2.63. The molecule has 0 saturated carbocycles. The van der Waals surface area contributed by atoms with Crippen LogP contribution in [0.5, 0.6) is 0 Å². The summed E-state index contributed by atoms with van der Waals surface area (Å²) in [6, 6.07) is 12.7. The number of hydrogen-bond donors (Lipinski definition) is 2. The van der Waals surface area contributed by atoms with Crippen molar-refractivity contribution in [3.8, 4) is 0 Å². The van der Waals surface area contributed by atoms with E-state index < -0.39 is 18.4 Å². The molecule has 1 saturated heterocycles. The standard InChI is InChI=1S/C26H27F2N5O3/c1-16-2-4-17(5-3-16)21-14-22(23(27)28)33-24(31-21)20(15-29-33)25(34)30-19-8-6-18(7-9-19)26(35)32-10-12-36-13-11-32/h2-9,15,21-23,31H,10-14H2,1H3,(H,30,34)/t21-,22+/m1/s1. The fraction of sp³-hybridized carbons (Fsp3) is 0.346. The Kier molecular flexibility index (Phi) is 6.69. The van der Waals surface area contributed by atoms with E-state index in [1.807, 2.05) is 31.2 Å². The Morgan fingerprint density at radius 3 is 2.44 bits per heavy atom. The molecule has 2 aromatic carbocycles. The minimum absolute atomic E-state index is 0.0914. The summed E-state index contributed by atoms with van der Waals surface area (Å²) in [7, 11) is 0. The second-order valence-corrected chi connectivity index (χ2v) is 9.03. The summed E-state index contributed by atoms with van der Waals surface area (Å²) in [5.74, 6) is -0.311. The minimum Gasteiger partial charge on any atom is -0.378 e. The largest absolute Gasteiger partial charge is 0.378 e. The van der Waals surface area contributed by atoms with Crippen molar-refractivity contribution in [1.82, 2.24) is 14.7 Å². The van der Waals surface area contributed by atoms with E-state index in [9.17, 15) is 18.4 Å². The number of aryl methyl sites for hydroxylation is 1. The third-order valence-electron chi connectivity index (χ3n) is 6.60. The summed E-state index contributed by atoms with van der Waals surface area (Å²) in [5.41, 5.74) is 3.11. The van der Waals surface area contributed by atoms with Crippen LogP contribution in [0.4, 0.5) is 20.3 Å². The smallest absolute Gasteiger partial charge is 0.261 e. The lowest BCUT2D eigenvalue weighted by Crippen LogP contribution is -2.40. The van der Waals surface area contributed by atoms with E-state index in [4.69, 9.17) is 4.74 Å².